The zero-order valence-corrected chi connectivity index (χ0v) is 12.7. The van der Waals surface area contributed by atoms with Gasteiger partial charge in [0, 0.05) is 10.9 Å². The van der Waals surface area contributed by atoms with Gasteiger partial charge in [-0.25, -0.2) is 4.79 Å². The highest BCUT2D eigenvalue weighted by molar-refractivity contribution is 9.10. The van der Waals surface area contributed by atoms with Gasteiger partial charge in [-0.15, -0.1) is 0 Å². The molecule has 0 saturated carbocycles. The van der Waals surface area contributed by atoms with Crippen molar-refractivity contribution in [3.05, 3.63) is 34.3 Å². The Bertz CT molecular complexity index is 458. The molecule has 0 aliphatic carbocycles. The third kappa shape index (κ3) is 4.67. The summed E-state index contributed by atoms with van der Waals surface area (Å²) < 4.78 is 0.991. The maximum absolute atomic E-state index is 11.8. The lowest BCUT2D eigenvalue weighted by atomic mass is 9.98. The molecule has 104 valence electrons. The minimum absolute atomic E-state index is 0.241. The van der Waals surface area contributed by atoms with E-state index < -0.39 is 11.5 Å². The van der Waals surface area contributed by atoms with Gasteiger partial charge < -0.3 is 10.4 Å². The summed E-state index contributed by atoms with van der Waals surface area (Å²) >= 11 is 3.35. The number of carboxylic acids is 1. The van der Waals surface area contributed by atoms with Gasteiger partial charge in [0.25, 0.3) is 0 Å². The number of carbonyl (C=O) groups is 2. The number of benzene rings is 1. The van der Waals surface area contributed by atoms with Crippen LogP contribution < -0.4 is 5.32 Å². The first-order valence-electron chi connectivity index (χ1n) is 6.16. The fourth-order valence-corrected chi connectivity index (χ4v) is 1.84. The molecule has 1 rings (SSSR count). The summed E-state index contributed by atoms with van der Waals surface area (Å²) in [6, 6.07) is 7.71. The van der Waals surface area contributed by atoms with Gasteiger partial charge in [0.15, 0.2) is 0 Å². The zero-order valence-electron chi connectivity index (χ0n) is 11.1. The molecule has 5 heteroatoms. The Labute approximate surface area is 121 Å². The molecular formula is C14H18BrNO3. The summed E-state index contributed by atoms with van der Waals surface area (Å²) in [7, 11) is 0. The Morgan fingerprint density at radius 1 is 1.32 bits per heavy atom. The molecule has 4 nitrogen and oxygen atoms in total. The van der Waals surface area contributed by atoms with Gasteiger partial charge >= 0.3 is 5.97 Å². The second-order valence-electron chi connectivity index (χ2n) is 4.67. The van der Waals surface area contributed by atoms with Crippen LogP contribution in [0, 0.1) is 0 Å². The lowest BCUT2D eigenvalue weighted by molar-refractivity contribution is -0.147. The predicted octanol–water partition coefficient (Wildman–Crippen LogP) is 2.75. The number of nitrogens with one attached hydrogen (secondary N) is 1. The zero-order chi connectivity index (χ0) is 14.5. The van der Waals surface area contributed by atoms with Crippen molar-refractivity contribution in [2.24, 2.45) is 0 Å². The van der Waals surface area contributed by atoms with Crippen LogP contribution in [0.4, 0.5) is 0 Å². The van der Waals surface area contributed by atoms with Crippen molar-refractivity contribution >= 4 is 27.8 Å². The third-order valence-electron chi connectivity index (χ3n) is 3.15. The minimum atomic E-state index is -1.18. The summed E-state index contributed by atoms with van der Waals surface area (Å²) in [4.78, 5) is 22.9. The molecule has 0 bridgehead atoms. The molecule has 0 fully saturated rings. The van der Waals surface area contributed by atoms with E-state index >= 15 is 0 Å². The molecule has 0 heterocycles. The van der Waals surface area contributed by atoms with E-state index in [2.05, 4.69) is 21.2 Å². The van der Waals surface area contributed by atoms with Crippen LogP contribution in [0.5, 0.6) is 0 Å². The van der Waals surface area contributed by atoms with E-state index in [0.29, 0.717) is 12.8 Å². The van der Waals surface area contributed by atoms with Gasteiger partial charge in [-0.2, -0.15) is 0 Å². The molecule has 0 spiro atoms. The van der Waals surface area contributed by atoms with E-state index in [-0.39, 0.29) is 12.3 Å². The summed E-state index contributed by atoms with van der Waals surface area (Å²) in [6.45, 7) is 3.26. The van der Waals surface area contributed by atoms with Crippen molar-refractivity contribution in [1.82, 2.24) is 5.32 Å². The van der Waals surface area contributed by atoms with Crippen molar-refractivity contribution in [3.8, 4) is 0 Å². The van der Waals surface area contributed by atoms with Crippen LogP contribution >= 0.6 is 15.9 Å². The van der Waals surface area contributed by atoms with Crippen molar-refractivity contribution in [3.63, 3.8) is 0 Å². The van der Waals surface area contributed by atoms with Crippen LogP contribution in [0.2, 0.25) is 0 Å². The fourth-order valence-electron chi connectivity index (χ4n) is 1.57. The largest absolute Gasteiger partial charge is 0.480 e. The molecule has 0 aliphatic heterocycles. The molecular weight excluding hydrogens is 310 g/mol. The SMILES string of the molecule is CCC(C)(NC(=O)CCc1ccc(Br)cc1)C(=O)O. The number of carboxylic acid groups (broad SMARTS) is 1. The van der Waals surface area contributed by atoms with Gasteiger partial charge in [-0.3, -0.25) is 4.79 Å². The van der Waals surface area contributed by atoms with Crippen LogP contribution in [-0.4, -0.2) is 22.5 Å². The molecule has 1 unspecified atom stereocenters. The number of aliphatic carboxylic acids is 1. The van der Waals surface area contributed by atoms with Crippen molar-refractivity contribution in [1.29, 1.82) is 0 Å². The Balaban J connectivity index is 2.52. The molecule has 0 saturated heterocycles. The van der Waals surface area contributed by atoms with Crippen molar-refractivity contribution < 1.29 is 14.7 Å². The predicted molar refractivity (Wildman–Crippen MR) is 76.9 cm³/mol. The van der Waals surface area contributed by atoms with Gasteiger partial charge in [0.1, 0.15) is 5.54 Å². The Morgan fingerprint density at radius 2 is 1.89 bits per heavy atom. The third-order valence-corrected chi connectivity index (χ3v) is 3.68. The summed E-state index contributed by atoms with van der Waals surface area (Å²) in [6.07, 6.45) is 1.23. The van der Waals surface area contributed by atoms with Crippen LogP contribution in [0.3, 0.4) is 0 Å². The standard InChI is InChI=1S/C14H18BrNO3/c1-3-14(2,13(18)19)16-12(17)9-6-10-4-7-11(15)8-5-10/h4-5,7-8H,3,6,9H2,1-2H3,(H,16,17)(H,18,19). The monoisotopic (exact) mass is 327 g/mol. The highest BCUT2D eigenvalue weighted by Gasteiger charge is 2.32. The topological polar surface area (TPSA) is 66.4 Å². The number of hydrogen-bond donors (Lipinski definition) is 2. The first-order valence-corrected chi connectivity index (χ1v) is 6.95. The second-order valence-corrected chi connectivity index (χ2v) is 5.58. The average molecular weight is 328 g/mol. The molecule has 1 aromatic carbocycles. The number of aryl methyl sites for hydroxylation is 1. The molecule has 1 aromatic rings. The molecule has 19 heavy (non-hydrogen) atoms. The molecule has 0 aliphatic rings. The van der Waals surface area contributed by atoms with E-state index in [9.17, 15) is 9.59 Å². The van der Waals surface area contributed by atoms with Crippen molar-refractivity contribution in [2.75, 3.05) is 0 Å². The fraction of sp³-hybridized carbons (Fsp3) is 0.429. The van der Waals surface area contributed by atoms with Crippen LogP contribution in [-0.2, 0) is 16.0 Å². The van der Waals surface area contributed by atoms with E-state index in [1.165, 1.54) is 6.92 Å². The average Bonchev–Trinajstić information content (AvgIpc) is 2.37. The van der Waals surface area contributed by atoms with Gasteiger partial charge in [0.2, 0.25) is 5.91 Å². The molecule has 1 amide bonds. The summed E-state index contributed by atoms with van der Waals surface area (Å²) in [5, 5.41) is 11.7. The molecule has 1 atom stereocenters. The number of carbonyl (C=O) groups excluding carboxylic acids is 1. The number of amides is 1. The number of halogens is 1. The lowest BCUT2D eigenvalue weighted by Gasteiger charge is -2.24. The van der Waals surface area contributed by atoms with E-state index in [0.717, 1.165) is 10.0 Å². The van der Waals surface area contributed by atoms with Crippen LogP contribution in [0.25, 0.3) is 0 Å². The maximum atomic E-state index is 11.8. The number of rotatable bonds is 6. The van der Waals surface area contributed by atoms with Gasteiger partial charge in [-0.05, 0) is 37.5 Å². The second kappa shape index (κ2) is 6.70. The highest BCUT2D eigenvalue weighted by Crippen LogP contribution is 2.13. The minimum Gasteiger partial charge on any atom is -0.480 e. The van der Waals surface area contributed by atoms with E-state index in [4.69, 9.17) is 5.11 Å². The maximum Gasteiger partial charge on any atom is 0.329 e. The van der Waals surface area contributed by atoms with Crippen LogP contribution in [0.1, 0.15) is 32.3 Å². The van der Waals surface area contributed by atoms with Gasteiger partial charge in [-0.1, -0.05) is 35.0 Å². The van der Waals surface area contributed by atoms with Crippen LogP contribution in [0.15, 0.2) is 28.7 Å². The van der Waals surface area contributed by atoms with E-state index in [1.54, 1.807) is 6.92 Å². The molecule has 2 N–H and O–H groups in total. The Hall–Kier alpha value is -1.36. The first-order chi connectivity index (χ1) is 8.87. The lowest BCUT2D eigenvalue weighted by Crippen LogP contribution is -2.51. The van der Waals surface area contributed by atoms with Crippen molar-refractivity contribution in [2.45, 2.75) is 38.6 Å². The first kappa shape index (κ1) is 15.7. The molecule has 0 aromatic heterocycles. The molecule has 0 radical (unpaired) electrons. The quantitative estimate of drug-likeness (QED) is 0.844. The normalized spacial score (nSPS) is 13.6. The smallest absolute Gasteiger partial charge is 0.329 e. The summed E-state index contributed by atoms with van der Waals surface area (Å²) in [5.74, 6) is -1.25. The van der Waals surface area contributed by atoms with Gasteiger partial charge in [0.05, 0.1) is 0 Å². The Kier molecular flexibility index (Phi) is 5.54. The summed E-state index contributed by atoms with van der Waals surface area (Å²) in [5.41, 5.74) is -0.136. The van der Waals surface area contributed by atoms with E-state index in [1.807, 2.05) is 24.3 Å². The Morgan fingerprint density at radius 3 is 2.37 bits per heavy atom. The number of hydrogen-bond acceptors (Lipinski definition) is 2. The highest BCUT2D eigenvalue weighted by atomic mass is 79.9.